The molecule has 0 saturated heterocycles. The highest BCUT2D eigenvalue weighted by Gasteiger charge is 2.13. The van der Waals surface area contributed by atoms with Crippen LogP contribution in [0.1, 0.15) is 34.8 Å². The first-order valence-electron chi connectivity index (χ1n) is 7.50. The smallest absolute Gasteiger partial charge is 0.271 e. The number of nitrogens with zero attached hydrogens (tertiary/aromatic N) is 3. The molecular formula is C17H17N5O2. The number of anilines is 2. The summed E-state index contributed by atoms with van der Waals surface area (Å²) in [5.74, 6) is 1.44. The molecule has 3 rings (SSSR count). The van der Waals surface area contributed by atoms with Gasteiger partial charge in [0.05, 0.1) is 18.4 Å². The van der Waals surface area contributed by atoms with Crippen LogP contribution < -0.4 is 10.6 Å². The molecule has 0 radical (unpaired) electrons. The van der Waals surface area contributed by atoms with Crippen molar-refractivity contribution in [3.8, 4) is 0 Å². The van der Waals surface area contributed by atoms with E-state index in [2.05, 4.69) is 25.8 Å². The van der Waals surface area contributed by atoms with Crippen LogP contribution in [0.5, 0.6) is 0 Å². The van der Waals surface area contributed by atoms with Crippen LogP contribution in [0.3, 0.4) is 0 Å². The first-order valence-corrected chi connectivity index (χ1v) is 7.50. The summed E-state index contributed by atoms with van der Waals surface area (Å²) in [6, 6.07) is 11.4. The van der Waals surface area contributed by atoms with Gasteiger partial charge in [-0.25, -0.2) is 9.97 Å². The summed E-state index contributed by atoms with van der Waals surface area (Å²) in [4.78, 5) is 20.5. The Hall–Kier alpha value is -3.22. The Bertz CT molecular complexity index is 815. The van der Waals surface area contributed by atoms with Crippen LogP contribution in [-0.4, -0.2) is 21.0 Å². The average molecular weight is 323 g/mol. The number of hydrogen-bond donors (Lipinski definition) is 2. The Kier molecular flexibility index (Phi) is 4.51. The number of aromatic nitrogens is 3. The van der Waals surface area contributed by atoms with E-state index in [0.717, 1.165) is 5.56 Å². The van der Waals surface area contributed by atoms with Crippen molar-refractivity contribution in [1.29, 1.82) is 0 Å². The largest absolute Gasteiger partial charge is 0.360 e. The highest BCUT2D eigenvalue weighted by Crippen LogP contribution is 2.14. The molecule has 122 valence electrons. The molecule has 24 heavy (non-hydrogen) atoms. The topological polar surface area (TPSA) is 92.9 Å². The molecule has 0 spiro atoms. The second kappa shape index (κ2) is 6.91. The lowest BCUT2D eigenvalue weighted by Gasteiger charge is -2.13. The predicted molar refractivity (Wildman–Crippen MR) is 88.9 cm³/mol. The van der Waals surface area contributed by atoms with Gasteiger partial charge in [0.1, 0.15) is 17.3 Å². The molecule has 1 amide bonds. The van der Waals surface area contributed by atoms with Crippen molar-refractivity contribution in [1.82, 2.24) is 20.4 Å². The van der Waals surface area contributed by atoms with Gasteiger partial charge in [-0.2, -0.15) is 0 Å². The quantitative estimate of drug-likeness (QED) is 0.750. The molecule has 1 unspecified atom stereocenters. The van der Waals surface area contributed by atoms with Crippen LogP contribution in [0.4, 0.5) is 11.6 Å². The Morgan fingerprint density at radius 2 is 1.92 bits per heavy atom. The zero-order chi connectivity index (χ0) is 16.9. The van der Waals surface area contributed by atoms with Gasteiger partial charge < -0.3 is 15.2 Å². The fourth-order valence-electron chi connectivity index (χ4n) is 2.16. The molecule has 7 nitrogen and oxygen atoms in total. The minimum atomic E-state index is -0.275. The number of carbonyl (C=O) groups is 1. The summed E-state index contributed by atoms with van der Waals surface area (Å²) in [6.07, 6.45) is 2.90. The molecule has 1 aromatic carbocycles. The summed E-state index contributed by atoms with van der Waals surface area (Å²) < 4.78 is 4.96. The van der Waals surface area contributed by atoms with Crippen molar-refractivity contribution in [2.24, 2.45) is 0 Å². The number of rotatable bonds is 5. The third-order valence-corrected chi connectivity index (χ3v) is 3.42. The van der Waals surface area contributed by atoms with Gasteiger partial charge in [0.2, 0.25) is 0 Å². The maximum atomic E-state index is 12.2. The molecular weight excluding hydrogens is 306 g/mol. The fraction of sp³-hybridized carbons (Fsp3) is 0.176. The van der Waals surface area contributed by atoms with Crippen molar-refractivity contribution < 1.29 is 9.32 Å². The Balaban J connectivity index is 1.63. The van der Waals surface area contributed by atoms with Gasteiger partial charge in [-0.05, 0) is 19.4 Å². The summed E-state index contributed by atoms with van der Waals surface area (Å²) in [5, 5.41) is 9.65. The molecule has 3 aromatic rings. The second-order valence-corrected chi connectivity index (χ2v) is 5.34. The molecule has 0 aliphatic carbocycles. The lowest BCUT2D eigenvalue weighted by atomic mass is 10.1. The van der Waals surface area contributed by atoms with Gasteiger partial charge in [-0.15, -0.1) is 0 Å². The number of hydrogen-bond acceptors (Lipinski definition) is 6. The summed E-state index contributed by atoms with van der Waals surface area (Å²) >= 11 is 0. The monoisotopic (exact) mass is 323 g/mol. The van der Waals surface area contributed by atoms with E-state index in [1.807, 2.05) is 37.3 Å². The van der Waals surface area contributed by atoms with E-state index in [4.69, 9.17) is 4.52 Å². The SMILES string of the molecule is Cc1cc(Nc2cnc(C(=O)NC(C)c3ccccc3)cn2)no1. The van der Waals surface area contributed by atoms with Gasteiger partial charge >= 0.3 is 0 Å². The van der Waals surface area contributed by atoms with Gasteiger partial charge in [-0.1, -0.05) is 35.5 Å². The van der Waals surface area contributed by atoms with Crippen LogP contribution >= 0.6 is 0 Å². The van der Waals surface area contributed by atoms with Crippen molar-refractivity contribution in [3.05, 3.63) is 65.8 Å². The minimum absolute atomic E-state index is 0.114. The summed E-state index contributed by atoms with van der Waals surface area (Å²) in [5.41, 5.74) is 1.28. The van der Waals surface area contributed by atoms with E-state index in [1.165, 1.54) is 12.4 Å². The number of benzene rings is 1. The molecule has 2 N–H and O–H groups in total. The molecule has 1 atom stereocenters. The van der Waals surface area contributed by atoms with E-state index in [1.54, 1.807) is 13.0 Å². The normalized spacial score (nSPS) is 11.8. The van der Waals surface area contributed by atoms with Crippen LogP contribution in [0, 0.1) is 6.92 Å². The summed E-state index contributed by atoms with van der Waals surface area (Å²) in [6.45, 7) is 3.72. The van der Waals surface area contributed by atoms with E-state index >= 15 is 0 Å². The first kappa shape index (κ1) is 15.7. The molecule has 2 heterocycles. The molecule has 0 fully saturated rings. The Labute approximate surface area is 139 Å². The molecule has 7 heteroatoms. The number of nitrogens with one attached hydrogen (secondary N) is 2. The highest BCUT2D eigenvalue weighted by atomic mass is 16.5. The van der Waals surface area contributed by atoms with Crippen LogP contribution in [0.15, 0.2) is 53.3 Å². The summed E-state index contributed by atoms with van der Waals surface area (Å²) in [7, 11) is 0. The molecule has 0 saturated carbocycles. The fourth-order valence-corrected chi connectivity index (χ4v) is 2.16. The zero-order valence-corrected chi connectivity index (χ0v) is 13.4. The highest BCUT2D eigenvalue weighted by molar-refractivity contribution is 5.92. The maximum Gasteiger partial charge on any atom is 0.271 e. The van der Waals surface area contributed by atoms with E-state index in [-0.39, 0.29) is 17.6 Å². The van der Waals surface area contributed by atoms with Crippen molar-refractivity contribution in [3.63, 3.8) is 0 Å². The Morgan fingerprint density at radius 1 is 1.12 bits per heavy atom. The molecule has 0 bridgehead atoms. The van der Waals surface area contributed by atoms with Crippen molar-refractivity contribution in [2.75, 3.05) is 5.32 Å². The number of carbonyl (C=O) groups excluding carboxylic acids is 1. The average Bonchev–Trinajstić information content (AvgIpc) is 3.01. The zero-order valence-electron chi connectivity index (χ0n) is 13.4. The van der Waals surface area contributed by atoms with Crippen LogP contribution in [0.2, 0.25) is 0 Å². The minimum Gasteiger partial charge on any atom is -0.360 e. The Morgan fingerprint density at radius 3 is 2.54 bits per heavy atom. The second-order valence-electron chi connectivity index (χ2n) is 5.34. The third kappa shape index (κ3) is 3.75. The van der Waals surface area contributed by atoms with Gasteiger partial charge in [0, 0.05) is 6.07 Å². The third-order valence-electron chi connectivity index (χ3n) is 3.42. The van der Waals surface area contributed by atoms with E-state index in [0.29, 0.717) is 17.4 Å². The van der Waals surface area contributed by atoms with E-state index < -0.39 is 0 Å². The maximum absolute atomic E-state index is 12.2. The van der Waals surface area contributed by atoms with E-state index in [9.17, 15) is 4.79 Å². The number of aryl methyl sites for hydroxylation is 1. The van der Waals surface area contributed by atoms with Crippen molar-refractivity contribution in [2.45, 2.75) is 19.9 Å². The predicted octanol–water partition coefficient (Wildman–Crippen LogP) is 3.01. The molecule has 2 aromatic heterocycles. The standard InChI is InChI=1S/C17H17N5O2/c1-11-8-15(22-24-11)21-16-10-18-14(9-19-16)17(23)20-12(2)13-6-4-3-5-7-13/h3-10,12H,1-2H3,(H,20,23)(H,19,21,22). The molecule has 0 aliphatic rings. The van der Waals surface area contributed by atoms with Gasteiger partial charge in [-0.3, -0.25) is 4.79 Å². The van der Waals surface area contributed by atoms with Crippen LogP contribution in [-0.2, 0) is 0 Å². The number of amides is 1. The van der Waals surface area contributed by atoms with Crippen LogP contribution in [0.25, 0.3) is 0 Å². The lowest BCUT2D eigenvalue weighted by molar-refractivity contribution is 0.0934. The lowest BCUT2D eigenvalue weighted by Crippen LogP contribution is -2.27. The molecule has 0 aliphatic heterocycles. The van der Waals surface area contributed by atoms with Crippen molar-refractivity contribution >= 4 is 17.5 Å². The first-order chi connectivity index (χ1) is 11.6. The van der Waals surface area contributed by atoms with Gasteiger partial charge in [0.25, 0.3) is 5.91 Å². The van der Waals surface area contributed by atoms with Gasteiger partial charge in [0.15, 0.2) is 5.82 Å².